The van der Waals surface area contributed by atoms with Crippen LogP contribution >= 0.6 is 0 Å². The predicted molar refractivity (Wildman–Crippen MR) is 130 cm³/mol. The molecule has 0 bridgehead atoms. The number of rotatable bonds is 5. The lowest BCUT2D eigenvalue weighted by Gasteiger charge is -2.46. The lowest BCUT2D eigenvalue weighted by atomic mass is 9.68. The number of methoxy groups -OCH3 is 1. The SMILES string of the molecule is CO[C@@H]1[C@H](OC(=O)N2CCC3(CCN(C)CC3)CC2)CC[C@]2(CO2)[C@H]1[C@@]1(C)O[C@@H]1CC=C(C)C. The molecule has 192 valence electrons. The van der Waals surface area contributed by atoms with Crippen LogP contribution < -0.4 is 0 Å². The maximum absolute atomic E-state index is 13.2. The van der Waals surface area contributed by atoms with E-state index in [4.69, 9.17) is 18.9 Å². The summed E-state index contributed by atoms with van der Waals surface area (Å²) in [5, 5.41) is 0. The zero-order valence-corrected chi connectivity index (χ0v) is 21.8. The van der Waals surface area contributed by atoms with Crippen LogP contribution in [0.25, 0.3) is 0 Å². The standard InChI is InChI=1S/C27H44N2O5/c1-19(2)6-7-21-25(3,34-21)23-22(31-5)20(8-9-27(23)18-32-27)33-24(30)29-16-12-26(13-17-29)10-14-28(4)15-11-26/h6,20-23H,7-18H2,1-5H3/t20-,21-,22-,23-,25+,27+/m1/s1. The molecule has 5 aliphatic rings. The first-order chi connectivity index (χ1) is 16.2. The zero-order chi connectivity index (χ0) is 24.1. The second-order valence-corrected chi connectivity index (χ2v) is 12.1. The molecule has 2 spiro atoms. The number of amides is 1. The molecule has 1 amide bonds. The van der Waals surface area contributed by atoms with E-state index in [1.54, 1.807) is 7.11 Å². The summed E-state index contributed by atoms with van der Waals surface area (Å²) < 4.78 is 24.5. The van der Waals surface area contributed by atoms with Crippen molar-refractivity contribution in [2.24, 2.45) is 11.3 Å². The van der Waals surface area contributed by atoms with E-state index >= 15 is 0 Å². The zero-order valence-electron chi connectivity index (χ0n) is 21.8. The first-order valence-corrected chi connectivity index (χ1v) is 13.3. The summed E-state index contributed by atoms with van der Waals surface area (Å²) >= 11 is 0. The van der Waals surface area contributed by atoms with E-state index in [1.165, 1.54) is 31.5 Å². The maximum atomic E-state index is 13.2. The normalized spacial score (nSPS) is 41.4. The highest BCUT2D eigenvalue weighted by molar-refractivity contribution is 5.68. The third kappa shape index (κ3) is 4.54. The van der Waals surface area contributed by atoms with Crippen LogP contribution in [-0.4, -0.2) is 92.4 Å². The van der Waals surface area contributed by atoms with Crippen LogP contribution in [0.1, 0.15) is 65.7 Å². The summed E-state index contributed by atoms with van der Waals surface area (Å²) in [6.07, 6.45) is 8.99. The third-order valence-corrected chi connectivity index (χ3v) is 9.62. The molecule has 0 aromatic rings. The molecule has 7 heteroatoms. The summed E-state index contributed by atoms with van der Waals surface area (Å²) in [7, 11) is 3.94. The van der Waals surface area contributed by atoms with Gasteiger partial charge in [0.2, 0.25) is 0 Å². The van der Waals surface area contributed by atoms with Gasteiger partial charge in [0.05, 0.1) is 18.6 Å². The molecular weight excluding hydrogens is 432 g/mol. The van der Waals surface area contributed by atoms with Crippen LogP contribution in [0.2, 0.25) is 0 Å². The molecule has 0 unspecified atom stereocenters. The van der Waals surface area contributed by atoms with E-state index in [-0.39, 0.29) is 41.5 Å². The fourth-order valence-corrected chi connectivity index (χ4v) is 7.03. The van der Waals surface area contributed by atoms with Gasteiger partial charge >= 0.3 is 6.09 Å². The number of ether oxygens (including phenoxy) is 4. The number of carbonyl (C=O) groups is 1. The van der Waals surface area contributed by atoms with Gasteiger partial charge < -0.3 is 28.7 Å². The van der Waals surface area contributed by atoms with Gasteiger partial charge in [0.1, 0.15) is 23.4 Å². The Kier molecular flexibility index (Phi) is 6.54. The smallest absolute Gasteiger partial charge is 0.410 e. The number of nitrogens with zero attached hydrogens (tertiary/aromatic N) is 2. The average molecular weight is 477 g/mol. The van der Waals surface area contributed by atoms with Gasteiger partial charge in [0, 0.05) is 20.2 Å². The average Bonchev–Trinajstić information content (AvgIpc) is 3.73. The summed E-state index contributed by atoms with van der Waals surface area (Å²) in [4.78, 5) is 17.6. The Balaban J connectivity index is 1.21. The first-order valence-electron chi connectivity index (χ1n) is 13.3. The largest absolute Gasteiger partial charge is 0.443 e. The molecule has 1 saturated carbocycles. The van der Waals surface area contributed by atoms with Crippen molar-refractivity contribution < 1.29 is 23.7 Å². The fraction of sp³-hybridized carbons (Fsp3) is 0.889. The maximum Gasteiger partial charge on any atom is 0.410 e. The first kappa shape index (κ1) is 24.5. The quantitative estimate of drug-likeness (QED) is 0.441. The molecule has 5 fully saturated rings. The molecule has 7 nitrogen and oxygen atoms in total. The predicted octanol–water partition coefficient (Wildman–Crippen LogP) is 4.01. The van der Waals surface area contributed by atoms with E-state index in [1.807, 2.05) is 4.90 Å². The Bertz CT molecular complexity index is 789. The van der Waals surface area contributed by atoms with Crippen LogP contribution in [0.4, 0.5) is 4.79 Å². The second-order valence-electron chi connectivity index (χ2n) is 12.1. The summed E-state index contributed by atoms with van der Waals surface area (Å²) in [6.45, 7) is 11.1. The van der Waals surface area contributed by atoms with Crippen molar-refractivity contribution in [3.63, 3.8) is 0 Å². The minimum Gasteiger partial charge on any atom is -0.443 e. The number of allylic oxidation sites excluding steroid dienone is 1. The van der Waals surface area contributed by atoms with Crippen LogP contribution in [0.3, 0.4) is 0 Å². The molecule has 0 aromatic carbocycles. The lowest BCUT2D eigenvalue weighted by molar-refractivity contribution is -0.123. The highest BCUT2D eigenvalue weighted by Gasteiger charge is 2.72. The Morgan fingerprint density at radius 3 is 2.32 bits per heavy atom. The van der Waals surface area contributed by atoms with Gasteiger partial charge in [-0.05, 0) is 91.3 Å². The van der Waals surface area contributed by atoms with Crippen molar-refractivity contribution in [3.05, 3.63) is 11.6 Å². The van der Waals surface area contributed by atoms with Crippen molar-refractivity contribution >= 4 is 6.09 Å². The Hall–Kier alpha value is -1.15. The van der Waals surface area contributed by atoms with E-state index < -0.39 is 0 Å². The van der Waals surface area contributed by atoms with Gasteiger partial charge in [-0.15, -0.1) is 0 Å². The lowest BCUT2D eigenvalue weighted by Crippen LogP contribution is -2.56. The number of hydrogen-bond acceptors (Lipinski definition) is 6. The second kappa shape index (κ2) is 9.06. The molecule has 4 saturated heterocycles. The van der Waals surface area contributed by atoms with Gasteiger partial charge in [0.25, 0.3) is 0 Å². The third-order valence-electron chi connectivity index (χ3n) is 9.62. The molecule has 4 aliphatic heterocycles. The summed E-state index contributed by atoms with van der Waals surface area (Å²) in [5.41, 5.74) is 1.23. The van der Waals surface area contributed by atoms with E-state index in [9.17, 15) is 4.79 Å². The molecule has 0 aromatic heterocycles. The molecule has 0 N–H and O–H groups in total. The van der Waals surface area contributed by atoms with Crippen molar-refractivity contribution in [3.8, 4) is 0 Å². The van der Waals surface area contributed by atoms with E-state index in [0.717, 1.165) is 51.8 Å². The van der Waals surface area contributed by atoms with Gasteiger partial charge in [-0.2, -0.15) is 0 Å². The molecule has 5 rings (SSSR count). The van der Waals surface area contributed by atoms with E-state index in [0.29, 0.717) is 5.41 Å². The monoisotopic (exact) mass is 476 g/mol. The van der Waals surface area contributed by atoms with Crippen molar-refractivity contribution in [2.75, 3.05) is 46.9 Å². The van der Waals surface area contributed by atoms with Gasteiger partial charge in [0.15, 0.2) is 0 Å². The van der Waals surface area contributed by atoms with Crippen molar-refractivity contribution in [1.29, 1.82) is 0 Å². The van der Waals surface area contributed by atoms with Gasteiger partial charge in [-0.25, -0.2) is 4.79 Å². The van der Waals surface area contributed by atoms with Crippen molar-refractivity contribution in [2.45, 2.75) is 95.2 Å². The molecule has 1 aliphatic carbocycles. The molecule has 4 heterocycles. The van der Waals surface area contributed by atoms with Gasteiger partial charge in [-0.3, -0.25) is 0 Å². The topological polar surface area (TPSA) is 67.1 Å². The van der Waals surface area contributed by atoms with Crippen LogP contribution in [0, 0.1) is 11.3 Å². The number of carbonyl (C=O) groups excluding carboxylic acids is 1. The van der Waals surface area contributed by atoms with Gasteiger partial charge in [-0.1, -0.05) is 11.6 Å². The minimum absolute atomic E-state index is 0.0657. The Labute approximate surface area is 205 Å². The van der Waals surface area contributed by atoms with E-state index in [2.05, 4.69) is 38.8 Å². The molecule has 6 atom stereocenters. The number of piperidine rings is 2. The molecule has 0 radical (unpaired) electrons. The number of hydrogen-bond donors (Lipinski definition) is 0. The van der Waals surface area contributed by atoms with Crippen LogP contribution in [0.15, 0.2) is 11.6 Å². The van der Waals surface area contributed by atoms with Crippen molar-refractivity contribution in [1.82, 2.24) is 9.80 Å². The molecular formula is C27H44N2O5. The summed E-state index contributed by atoms with van der Waals surface area (Å²) in [6, 6.07) is 0. The number of likely N-dealkylation sites (tertiary alicyclic amines) is 2. The highest BCUT2D eigenvalue weighted by Crippen LogP contribution is 2.59. The minimum atomic E-state index is -0.306. The Morgan fingerprint density at radius 1 is 1.09 bits per heavy atom. The Morgan fingerprint density at radius 2 is 1.74 bits per heavy atom. The fourth-order valence-electron chi connectivity index (χ4n) is 7.03. The summed E-state index contributed by atoms with van der Waals surface area (Å²) in [5.74, 6) is 0.0657. The number of epoxide rings is 2. The highest BCUT2D eigenvalue weighted by atomic mass is 16.6. The molecule has 34 heavy (non-hydrogen) atoms. The van der Waals surface area contributed by atoms with Crippen LogP contribution in [-0.2, 0) is 18.9 Å². The van der Waals surface area contributed by atoms with Crippen LogP contribution in [0.5, 0.6) is 0 Å².